The maximum Gasteiger partial charge on any atom is 0.458 e. The summed E-state index contributed by atoms with van der Waals surface area (Å²) in [5.74, 6) is -5.44. The molecule has 1 N–H and O–H groups in total. The molecule has 0 aliphatic carbocycles. The highest BCUT2D eigenvalue weighted by atomic mass is 32.1. The molecule has 2 rings (SSSR count). The lowest BCUT2D eigenvalue weighted by Crippen LogP contribution is -2.55. The van der Waals surface area contributed by atoms with Crippen LogP contribution in [-0.2, 0) is 5.92 Å². The minimum absolute atomic E-state index is 0.0182. The van der Waals surface area contributed by atoms with Gasteiger partial charge >= 0.3 is 12.1 Å². The molecule has 1 aliphatic rings. The minimum atomic E-state index is -5.81. The largest absolute Gasteiger partial charge is 0.469 e. The number of hydrogen-bond donors (Lipinski definition) is 1. The number of alkyl halides is 7. The van der Waals surface area contributed by atoms with E-state index < -0.39 is 34.7 Å². The Morgan fingerprint density at radius 3 is 2.48 bits per heavy atom. The SMILES string of the molecule is N#CCCNC(=S)C1(C(F)F)C=Cc2cc(C(F)(F)C(F)(F)F)ccc2O1. The second-order valence-corrected chi connectivity index (χ2v) is 5.93. The van der Waals surface area contributed by atoms with Crippen molar-refractivity contribution in [1.82, 2.24) is 5.32 Å². The molecule has 1 atom stereocenters. The zero-order valence-corrected chi connectivity index (χ0v) is 14.1. The summed E-state index contributed by atoms with van der Waals surface area (Å²) in [6.07, 6.45) is -7.26. The van der Waals surface area contributed by atoms with Crippen molar-refractivity contribution in [3.8, 4) is 11.8 Å². The molecule has 0 aromatic heterocycles. The van der Waals surface area contributed by atoms with Gasteiger partial charge in [-0.15, -0.1) is 0 Å². The van der Waals surface area contributed by atoms with E-state index in [9.17, 15) is 30.7 Å². The maximum absolute atomic E-state index is 13.6. The lowest BCUT2D eigenvalue weighted by molar-refractivity contribution is -0.289. The minimum Gasteiger partial charge on any atom is -0.469 e. The molecule has 0 saturated carbocycles. The molecule has 1 unspecified atom stereocenters. The number of fused-ring (bicyclic) bond motifs is 1. The number of hydrogen-bond acceptors (Lipinski definition) is 3. The van der Waals surface area contributed by atoms with E-state index >= 15 is 0 Å². The standard InChI is InChI=1S/C16H11F7N2OS/c17-12(18)14(13(27)25-7-1-6-24)5-4-9-8-10(2-3-11(9)26-14)15(19,20)16(21,22)23/h2-5,8,12H,1,7H2,(H,25,27). The van der Waals surface area contributed by atoms with Crippen LogP contribution in [-0.4, -0.2) is 29.7 Å². The number of benzene rings is 1. The van der Waals surface area contributed by atoms with Gasteiger partial charge in [0, 0.05) is 17.7 Å². The molecule has 0 fully saturated rings. The van der Waals surface area contributed by atoms with E-state index in [4.69, 9.17) is 22.2 Å². The first-order valence-corrected chi connectivity index (χ1v) is 7.77. The molecular formula is C16H11F7N2OS. The Balaban J connectivity index is 2.37. The van der Waals surface area contributed by atoms with E-state index in [1.807, 2.05) is 0 Å². The third-order valence-corrected chi connectivity index (χ3v) is 4.18. The molecule has 3 nitrogen and oxygen atoms in total. The molecule has 0 radical (unpaired) electrons. The van der Waals surface area contributed by atoms with Crippen LogP contribution in [0.2, 0.25) is 0 Å². The number of halogens is 7. The Morgan fingerprint density at radius 1 is 1.26 bits per heavy atom. The molecule has 1 aliphatic heterocycles. The Morgan fingerprint density at radius 2 is 1.93 bits per heavy atom. The molecule has 0 bridgehead atoms. The van der Waals surface area contributed by atoms with Gasteiger partial charge in [0.05, 0.1) is 12.5 Å². The van der Waals surface area contributed by atoms with Gasteiger partial charge in [-0.1, -0.05) is 18.3 Å². The van der Waals surface area contributed by atoms with Crippen molar-refractivity contribution >= 4 is 23.3 Å². The second-order valence-electron chi connectivity index (χ2n) is 5.52. The van der Waals surface area contributed by atoms with Crippen LogP contribution < -0.4 is 10.1 Å². The van der Waals surface area contributed by atoms with Crippen molar-refractivity contribution in [2.75, 3.05) is 6.54 Å². The van der Waals surface area contributed by atoms with Gasteiger partial charge in [-0.2, -0.15) is 27.2 Å². The van der Waals surface area contributed by atoms with Gasteiger partial charge < -0.3 is 10.1 Å². The summed E-state index contributed by atoms with van der Waals surface area (Å²) in [7, 11) is 0. The van der Waals surface area contributed by atoms with Gasteiger partial charge in [0.25, 0.3) is 6.43 Å². The van der Waals surface area contributed by atoms with Crippen LogP contribution in [0, 0.1) is 11.3 Å². The van der Waals surface area contributed by atoms with E-state index in [1.165, 1.54) is 0 Å². The van der Waals surface area contributed by atoms with Crippen molar-refractivity contribution in [3.05, 3.63) is 35.4 Å². The molecule has 146 valence electrons. The van der Waals surface area contributed by atoms with Crippen LogP contribution in [0.3, 0.4) is 0 Å². The third-order valence-electron chi connectivity index (χ3n) is 3.72. The molecule has 0 saturated heterocycles. The van der Waals surface area contributed by atoms with Gasteiger partial charge in [0.2, 0.25) is 5.60 Å². The fourth-order valence-corrected chi connectivity index (χ4v) is 2.57. The number of rotatable bonds is 5. The number of nitrogens with zero attached hydrogens (tertiary/aromatic N) is 1. The Labute approximate surface area is 154 Å². The lowest BCUT2D eigenvalue weighted by Gasteiger charge is -2.35. The van der Waals surface area contributed by atoms with Gasteiger partial charge in [0.1, 0.15) is 10.7 Å². The van der Waals surface area contributed by atoms with Crippen LogP contribution in [0.4, 0.5) is 30.7 Å². The predicted octanol–water partition coefficient (Wildman–Crippen LogP) is 4.58. The Bertz CT molecular complexity index is 801. The van der Waals surface area contributed by atoms with Crippen molar-refractivity contribution in [2.45, 2.75) is 30.5 Å². The van der Waals surface area contributed by atoms with Gasteiger partial charge in [-0.3, -0.25) is 0 Å². The van der Waals surface area contributed by atoms with E-state index in [0.717, 1.165) is 18.2 Å². The first-order chi connectivity index (χ1) is 12.5. The second kappa shape index (κ2) is 7.34. The maximum atomic E-state index is 13.6. The topological polar surface area (TPSA) is 45.0 Å². The number of nitrogens with one attached hydrogen (secondary N) is 1. The summed E-state index contributed by atoms with van der Waals surface area (Å²) in [6.45, 7) is -0.0232. The smallest absolute Gasteiger partial charge is 0.458 e. The van der Waals surface area contributed by atoms with Crippen LogP contribution in [0.25, 0.3) is 6.08 Å². The normalized spacial score (nSPS) is 19.2. The first kappa shape index (κ1) is 21.0. The Hall–Kier alpha value is -2.35. The van der Waals surface area contributed by atoms with E-state index in [1.54, 1.807) is 6.07 Å². The summed E-state index contributed by atoms with van der Waals surface area (Å²) in [5.41, 5.74) is -4.00. The van der Waals surface area contributed by atoms with Crippen molar-refractivity contribution in [3.63, 3.8) is 0 Å². The number of thiocarbonyl (C=S) groups is 1. The van der Waals surface area contributed by atoms with Crippen molar-refractivity contribution in [2.24, 2.45) is 0 Å². The summed E-state index contributed by atoms with van der Waals surface area (Å²) in [6, 6.07) is 3.50. The van der Waals surface area contributed by atoms with Crippen molar-refractivity contribution in [1.29, 1.82) is 5.26 Å². The Kier molecular flexibility index (Phi) is 5.70. The van der Waals surface area contributed by atoms with Crippen molar-refractivity contribution < 1.29 is 35.5 Å². The average Bonchev–Trinajstić information content (AvgIpc) is 2.59. The number of nitriles is 1. The summed E-state index contributed by atoms with van der Waals surface area (Å²) in [4.78, 5) is -0.445. The van der Waals surface area contributed by atoms with Gasteiger partial charge in [-0.25, -0.2) is 8.78 Å². The molecule has 0 amide bonds. The van der Waals surface area contributed by atoms with Gasteiger partial charge in [0.15, 0.2) is 0 Å². The molecule has 11 heteroatoms. The molecule has 0 spiro atoms. The molecule has 1 aromatic carbocycles. The third kappa shape index (κ3) is 3.85. The van der Waals surface area contributed by atoms with Crippen LogP contribution in [0.5, 0.6) is 5.75 Å². The average molecular weight is 412 g/mol. The summed E-state index contributed by atoms with van der Waals surface area (Å²) >= 11 is 4.89. The highest BCUT2D eigenvalue weighted by Gasteiger charge is 2.59. The van der Waals surface area contributed by atoms with E-state index in [0.29, 0.717) is 12.1 Å². The quantitative estimate of drug-likeness (QED) is 0.437. The summed E-state index contributed by atoms with van der Waals surface area (Å²) in [5, 5.41) is 10.9. The molecule has 1 aromatic rings. The van der Waals surface area contributed by atoms with Crippen LogP contribution >= 0.6 is 12.2 Å². The highest BCUT2D eigenvalue weighted by Crippen LogP contribution is 2.46. The highest BCUT2D eigenvalue weighted by molar-refractivity contribution is 7.80. The van der Waals surface area contributed by atoms with Crippen LogP contribution in [0.1, 0.15) is 17.5 Å². The van der Waals surface area contributed by atoms with E-state index in [-0.39, 0.29) is 24.3 Å². The first-order valence-electron chi connectivity index (χ1n) is 7.36. The lowest BCUT2D eigenvalue weighted by atomic mass is 9.96. The fraction of sp³-hybridized carbons (Fsp3) is 0.375. The van der Waals surface area contributed by atoms with Crippen LogP contribution in [0.15, 0.2) is 24.3 Å². The zero-order valence-electron chi connectivity index (χ0n) is 13.3. The van der Waals surface area contributed by atoms with E-state index in [2.05, 4.69) is 5.32 Å². The monoisotopic (exact) mass is 412 g/mol. The molecule has 1 heterocycles. The summed E-state index contributed by atoms with van der Waals surface area (Å²) < 4.78 is 96.8. The molecular weight excluding hydrogens is 401 g/mol. The fourth-order valence-electron chi connectivity index (χ4n) is 2.27. The predicted molar refractivity (Wildman–Crippen MR) is 85.6 cm³/mol. The zero-order chi connectivity index (χ0) is 20.5. The number of ether oxygens (including phenoxy) is 1. The molecule has 27 heavy (non-hydrogen) atoms. The van der Waals surface area contributed by atoms with Gasteiger partial charge in [-0.05, 0) is 24.3 Å².